The van der Waals surface area contributed by atoms with Crippen molar-refractivity contribution >= 4 is 40.0 Å². The quantitative estimate of drug-likeness (QED) is 0.185. The van der Waals surface area contributed by atoms with Gasteiger partial charge in [0.15, 0.2) is 0 Å². The van der Waals surface area contributed by atoms with E-state index in [1.807, 2.05) is 20.8 Å². The van der Waals surface area contributed by atoms with E-state index < -0.39 is 23.5 Å². The molecule has 1 amide bonds. The third kappa shape index (κ3) is 7.12. The number of pyridine rings is 1. The van der Waals surface area contributed by atoms with Gasteiger partial charge in [-0.1, -0.05) is 41.8 Å². The molecule has 0 radical (unpaired) electrons. The Kier molecular flexibility index (Phi) is 8.15. The van der Waals surface area contributed by atoms with Crippen LogP contribution < -0.4 is 16.0 Å². The molecule has 12 heteroatoms. The molecule has 4 aromatic rings. The Morgan fingerprint density at radius 2 is 1.91 bits per heavy atom. The molecule has 0 bridgehead atoms. The zero-order valence-electron chi connectivity index (χ0n) is 26.4. The van der Waals surface area contributed by atoms with Crippen LogP contribution in [0.25, 0.3) is 10.9 Å². The molecule has 0 spiro atoms. The van der Waals surface area contributed by atoms with E-state index >= 15 is 0 Å². The summed E-state index contributed by atoms with van der Waals surface area (Å²) in [5.41, 5.74) is 1.92. The van der Waals surface area contributed by atoms with E-state index in [9.17, 15) is 15.8 Å². The second kappa shape index (κ2) is 12.5. The summed E-state index contributed by atoms with van der Waals surface area (Å²) in [6.45, 7) is 5.45. The minimum atomic E-state index is -1.66. The van der Waals surface area contributed by atoms with E-state index in [0.717, 1.165) is 38.5 Å². The Hall–Kier alpha value is -4.43. The molecule has 10 nitrogen and oxygen atoms in total. The molecule has 45 heavy (non-hydrogen) atoms. The smallest absolute Gasteiger partial charge is 0.407 e. The Balaban J connectivity index is 1.38. The summed E-state index contributed by atoms with van der Waals surface area (Å²) in [6.07, 6.45) is 8.12. The van der Waals surface area contributed by atoms with Gasteiger partial charge in [0.05, 0.1) is 47.5 Å². The Bertz CT molecular complexity index is 1800. The average molecular weight is 632 g/mol. The minimum Gasteiger partial charge on any atom is -0.444 e. The highest BCUT2D eigenvalue weighted by Crippen LogP contribution is 2.38. The molecule has 234 valence electrons. The lowest BCUT2D eigenvalue weighted by Gasteiger charge is -2.34. The maximum Gasteiger partial charge on any atom is 0.407 e. The summed E-state index contributed by atoms with van der Waals surface area (Å²) >= 11 is 6.80. The first kappa shape index (κ1) is 29.3. The van der Waals surface area contributed by atoms with E-state index in [0.29, 0.717) is 44.1 Å². The SMILES string of the molecule is [2H]C(Nc1cc(Cl)c2ncc(C#N)c(N[C@H]3CCCC[C@H]3NC(=O)OC(C)(C)C)c2c1)(c1ccc(F)cc1)c1cn(C2CC2)nn1. The molecular formula is C33H36ClFN8O2. The Morgan fingerprint density at radius 3 is 2.60 bits per heavy atom. The third-order valence-corrected chi connectivity index (χ3v) is 8.22. The predicted octanol–water partition coefficient (Wildman–Crippen LogP) is 7.27. The van der Waals surface area contributed by atoms with Crippen molar-refractivity contribution in [3.05, 3.63) is 76.5 Å². The topological polar surface area (TPSA) is 130 Å². The summed E-state index contributed by atoms with van der Waals surface area (Å²) in [5.74, 6) is -0.422. The predicted molar refractivity (Wildman–Crippen MR) is 171 cm³/mol. The molecule has 1 unspecified atom stereocenters. The zero-order valence-corrected chi connectivity index (χ0v) is 26.2. The van der Waals surface area contributed by atoms with Crippen LogP contribution in [0.2, 0.25) is 5.02 Å². The number of nitrogens with zero attached hydrogens (tertiary/aromatic N) is 5. The molecule has 0 saturated heterocycles. The van der Waals surface area contributed by atoms with Gasteiger partial charge in [-0.3, -0.25) is 4.98 Å². The first-order valence-corrected chi connectivity index (χ1v) is 15.6. The fraction of sp³-hybridized carbons (Fsp3) is 0.424. The summed E-state index contributed by atoms with van der Waals surface area (Å²) in [7, 11) is 0. The number of rotatable bonds is 8. The number of halogens is 2. The van der Waals surface area contributed by atoms with Crippen LogP contribution in [0.3, 0.4) is 0 Å². The van der Waals surface area contributed by atoms with Gasteiger partial charge in [0.25, 0.3) is 0 Å². The second-order valence-electron chi connectivity index (χ2n) is 12.6. The van der Waals surface area contributed by atoms with Gasteiger partial charge in [0, 0.05) is 23.3 Å². The van der Waals surface area contributed by atoms with Crippen molar-refractivity contribution in [2.24, 2.45) is 0 Å². The van der Waals surface area contributed by atoms with Gasteiger partial charge < -0.3 is 20.7 Å². The fourth-order valence-electron chi connectivity index (χ4n) is 5.65. The van der Waals surface area contributed by atoms with Crippen molar-refractivity contribution in [1.82, 2.24) is 25.3 Å². The number of aromatic nitrogens is 4. The Morgan fingerprint density at radius 1 is 1.18 bits per heavy atom. The maximum atomic E-state index is 13.9. The molecule has 2 aliphatic rings. The van der Waals surface area contributed by atoms with Crippen LogP contribution in [0.15, 0.2) is 48.8 Å². The molecule has 0 aliphatic heterocycles. The van der Waals surface area contributed by atoms with Crippen molar-refractivity contribution in [3.8, 4) is 6.07 Å². The standard InChI is InChI=1S/C33H36ClFN8O2/c1-33(2,3)45-32(44)40-27-7-5-4-6-26(27)39-29-20(16-36)17-37-31-24(29)14-22(15-25(31)34)38-30(19-8-10-21(35)11-9-19)28-18-43(42-41-28)23-12-13-23/h8-11,14-15,17-18,23,26-27,30,38H,4-7,12-13H2,1-3H3,(H,37,39)(H,40,44)/t26-,27+,30?/m0/s1/i30D. The van der Waals surface area contributed by atoms with E-state index in [1.165, 1.54) is 30.5 Å². The highest BCUT2D eigenvalue weighted by molar-refractivity contribution is 6.35. The number of alkyl carbamates (subject to hydrolysis) is 1. The average Bonchev–Trinajstić information content (AvgIpc) is 3.73. The van der Waals surface area contributed by atoms with Crippen molar-refractivity contribution in [1.29, 1.82) is 5.26 Å². The summed E-state index contributed by atoms with van der Waals surface area (Å²) in [4.78, 5) is 17.2. The number of nitriles is 1. The van der Waals surface area contributed by atoms with Gasteiger partial charge in [-0.15, -0.1) is 5.10 Å². The normalized spacial score (nSPS) is 20.0. The number of carbonyl (C=O) groups is 1. The number of anilines is 2. The molecule has 3 N–H and O–H groups in total. The number of fused-ring (bicyclic) bond motifs is 1. The molecular weight excluding hydrogens is 595 g/mol. The van der Waals surface area contributed by atoms with Crippen LogP contribution in [0.5, 0.6) is 0 Å². The highest BCUT2D eigenvalue weighted by Gasteiger charge is 2.30. The fourth-order valence-corrected chi connectivity index (χ4v) is 5.91. The molecule has 6 rings (SSSR count). The number of benzene rings is 2. The monoisotopic (exact) mass is 631 g/mol. The zero-order chi connectivity index (χ0) is 32.6. The number of carbonyl (C=O) groups excluding carboxylic acids is 1. The third-order valence-electron chi connectivity index (χ3n) is 7.93. The van der Waals surface area contributed by atoms with Gasteiger partial charge in [-0.2, -0.15) is 5.26 Å². The summed E-state index contributed by atoms with van der Waals surface area (Å²) < 4.78 is 30.8. The van der Waals surface area contributed by atoms with E-state index in [4.69, 9.17) is 16.3 Å². The van der Waals surface area contributed by atoms with Gasteiger partial charge in [0.1, 0.15) is 23.2 Å². The lowest BCUT2D eigenvalue weighted by molar-refractivity contribution is 0.0488. The number of hydrogen-bond donors (Lipinski definition) is 3. The first-order valence-electron chi connectivity index (χ1n) is 15.7. The van der Waals surface area contributed by atoms with Crippen LogP contribution >= 0.6 is 11.6 Å². The van der Waals surface area contributed by atoms with E-state index in [2.05, 4.69) is 37.3 Å². The number of amides is 1. The van der Waals surface area contributed by atoms with Gasteiger partial charge in [-0.25, -0.2) is 13.9 Å². The Labute approximate surface area is 267 Å². The number of nitrogens with one attached hydrogen (secondary N) is 3. The number of hydrogen-bond acceptors (Lipinski definition) is 8. The van der Waals surface area contributed by atoms with Gasteiger partial charge >= 0.3 is 6.09 Å². The maximum absolute atomic E-state index is 13.9. The van der Waals surface area contributed by atoms with Crippen molar-refractivity contribution in [2.75, 3.05) is 10.6 Å². The largest absolute Gasteiger partial charge is 0.444 e. The molecule has 2 aromatic heterocycles. The molecule has 2 fully saturated rings. The molecule has 2 aromatic carbocycles. The second-order valence-corrected chi connectivity index (χ2v) is 13.0. The van der Waals surface area contributed by atoms with Gasteiger partial charge in [0.2, 0.25) is 0 Å². The molecule has 3 atom stereocenters. The highest BCUT2D eigenvalue weighted by atomic mass is 35.5. The lowest BCUT2D eigenvalue weighted by Crippen LogP contribution is -2.49. The van der Waals surface area contributed by atoms with Crippen LogP contribution in [-0.4, -0.2) is 43.8 Å². The molecule has 2 heterocycles. The lowest BCUT2D eigenvalue weighted by atomic mass is 9.89. The van der Waals surface area contributed by atoms with Crippen molar-refractivity contribution < 1.29 is 15.3 Å². The summed E-state index contributed by atoms with van der Waals surface area (Å²) in [5, 5.41) is 29.4. The van der Waals surface area contributed by atoms with Gasteiger partial charge in [-0.05, 0) is 76.3 Å². The first-order chi connectivity index (χ1) is 21.9. The van der Waals surface area contributed by atoms with Crippen LogP contribution in [0.4, 0.5) is 20.6 Å². The molecule has 2 aliphatic carbocycles. The minimum absolute atomic E-state index is 0.193. The van der Waals surface area contributed by atoms with Crippen LogP contribution in [0.1, 0.15) is 89.5 Å². The van der Waals surface area contributed by atoms with E-state index in [1.54, 1.807) is 23.0 Å². The van der Waals surface area contributed by atoms with Crippen molar-refractivity contribution in [3.63, 3.8) is 0 Å². The number of ether oxygens (including phenoxy) is 1. The van der Waals surface area contributed by atoms with Crippen LogP contribution in [-0.2, 0) is 4.74 Å². The summed E-state index contributed by atoms with van der Waals surface area (Å²) in [6, 6.07) is 9.54. The van der Waals surface area contributed by atoms with Crippen molar-refractivity contribution in [2.45, 2.75) is 89.0 Å². The van der Waals surface area contributed by atoms with E-state index in [-0.39, 0.29) is 18.1 Å². The molecule has 2 saturated carbocycles. The van der Waals surface area contributed by atoms with Crippen LogP contribution in [0, 0.1) is 17.1 Å².